The van der Waals surface area contributed by atoms with E-state index in [2.05, 4.69) is 24.9 Å². The maximum Gasteiger partial charge on any atom is 0.0452 e. The van der Waals surface area contributed by atoms with Crippen LogP contribution in [0.25, 0.3) is 0 Å². The molecule has 1 heterocycles. The molecule has 0 aromatic heterocycles. The molecular formula is C7H11N. The molecule has 1 aliphatic heterocycles. The second-order valence-corrected chi connectivity index (χ2v) is 2.33. The summed E-state index contributed by atoms with van der Waals surface area (Å²) in [4.78, 5) is 4.11. The van der Waals surface area contributed by atoms with Crippen molar-refractivity contribution in [3.63, 3.8) is 0 Å². The minimum absolute atomic E-state index is 0.667. The molecule has 0 N–H and O–H groups in total. The van der Waals surface area contributed by atoms with Crippen LogP contribution in [0.3, 0.4) is 0 Å². The minimum Gasteiger partial charge on any atom is -0.293 e. The van der Waals surface area contributed by atoms with Gasteiger partial charge in [-0.3, -0.25) is 4.99 Å². The van der Waals surface area contributed by atoms with Gasteiger partial charge in [-0.1, -0.05) is 12.5 Å². The molecule has 0 unspecified atom stereocenters. The lowest BCUT2D eigenvalue weighted by Gasteiger charge is -2.10. The summed E-state index contributed by atoms with van der Waals surface area (Å²) in [5, 5.41) is 0. The maximum absolute atomic E-state index is 4.11. The molecule has 1 heteroatoms. The van der Waals surface area contributed by atoms with E-state index in [1.165, 1.54) is 5.57 Å². The minimum atomic E-state index is 0.667. The van der Waals surface area contributed by atoms with Gasteiger partial charge in [0.15, 0.2) is 0 Å². The number of aliphatic imine (C=N–C) groups is 1. The molecule has 0 saturated carbocycles. The predicted molar refractivity (Wildman–Crippen MR) is 36.3 cm³/mol. The van der Waals surface area contributed by atoms with Gasteiger partial charge in [0.25, 0.3) is 0 Å². The molecule has 1 rings (SSSR count). The van der Waals surface area contributed by atoms with Gasteiger partial charge in [-0.25, -0.2) is 0 Å². The van der Waals surface area contributed by atoms with E-state index in [4.69, 9.17) is 0 Å². The second-order valence-electron chi connectivity index (χ2n) is 2.33. The second kappa shape index (κ2) is 2.12. The van der Waals surface area contributed by atoms with Crippen LogP contribution >= 0.6 is 0 Å². The molecule has 0 aliphatic carbocycles. The van der Waals surface area contributed by atoms with Crippen LogP contribution in [0, 0.1) is 5.92 Å². The number of rotatable bonds is 0. The topological polar surface area (TPSA) is 12.4 Å². The van der Waals surface area contributed by atoms with Crippen LogP contribution in [-0.4, -0.2) is 12.8 Å². The first-order valence-corrected chi connectivity index (χ1v) is 2.97. The normalized spacial score (nSPS) is 27.8. The van der Waals surface area contributed by atoms with E-state index >= 15 is 0 Å². The fourth-order valence-corrected chi connectivity index (χ4v) is 0.698. The zero-order valence-electron chi connectivity index (χ0n) is 5.39. The van der Waals surface area contributed by atoms with E-state index in [1.807, 2.05) is 6.21 Å². The van der Waals surface area contributed by atoms with E-state index in [1.54, 1.807) is 0 Å². The average Bonchev–Trinajstić information content (AvgIpc) is 1.77. The van der Waals surface area contributed by atoms with Gasteiger partial charge in [0.05, 0.1) is 0 Å². The number of dihydropyridines is 1. The van der Waals surface area contributed by atoms with Crippen molar-refractivity contribution in [3.05, 3.63) is 11.6 Å². The summed E-state index contributed by atoms with van der Waals surface area (Å²) in [6.45, 7) is 5.32. The van der Waals surface area contributed by atoms with Gasteiger partial charge in [0.2, 0.25) is 0 Å². The molecule has 44 valence electrons. The third-order valence-electron chi connectivity index (χ3n) is 1.60. The third kappa shape index (κ3) is 0.971. The van der Waals surface area contributed by atoms with Crippen molar-refractivity contribution in [2.24, 2.45) is 10.9 Å². The standard InChI is InChI=1S/C7H11N/c1-6-3-4-8-5-7(6)2/h3-4,7H,5H2,1-2H3/t7-/m1/s1. The van der Waals surface area contributed by atoms with Crippen LogP contribution in [0.4, 0.5) is 0 Å². The largest absolute Gasteiger partial charge is 0.293 e. The molecule has 0 bridgehead atoms. The van der Waals surface area contributed by atoms with E-state index in [-0.39, 0.29) is 0 Å². The van der Waals surface area contributed by atoms with Crippen molar-refractivity contribution in [1.29, 1.82) is 0 Å². The van der Waals surface area contributed by atoms with Crippen molar-refractivity contribution in [1.82, 2.24) is 0 Å². The van der Waals surface area contributed by atoms with Crippen molar-refractivity contribution in [2.75, 3.05) is 6.54 Å². The Balaban J connectivity index is 2.66. The zero-order chi connectivity index (χ0) is 5.98. The lowest BCUT2D eigenvalue weighted by molar-refractivity contribution is 0.690. The number of allylic oxidation sites excluding steroid dienone is 1. The lowest BCUT2D eigenvalue weighted by Crippen LogP contribution is -2.04. The Labute approximate surface area is 50.1 Å². The van der Waals surface area contributed by atoms with E-state index < -0.39 is 0 Å². The number of hydrogen-bond acceptors (Lipinski definition) is 1. The lowest BCUT2D eigenvalue weighted by atomic mass is 10.0. The number of nitrogens with zero attached hydrogens (tertiary/aromatic N) is 1. The quantitative estimate of drug-likeness (QED) is 0.448. The Kier molecular flexibility index (Phi) is 1.47. The summed E-state index contributed by atoms with van der Waals surface area (Å²) in [5.41, 5.74) is 1.44. The highest BCUT2D eigenvalue weighted by Crippen LogP contribution is 2.11. The Morgan fingerprint density at radius 3 is 2.88 bits per heavy atom. The van der Waals surface area contributed by atoms with Gasteiger partial charge in [0, 0.05) is 12.8 Å². The molecule has 0 aromatic carbocycles. The monoisotopic (exact) mass is 109 g/mol. The smallest absolute Gasteiger partial charge is 0.0452 e. The molecule has 0 saturated heterocycles. The summed E-state index contributed by atoms with van der Waals surface area (Å²) in [6.07, 6.45) is 3.96. The first-order valence-electron chi connectivity index (χ1n) is 2.97. The van der Waals surface area contributed by atoms with Crippen LogP contribution in [0.2, 0.25) is 0 Å². The van der Waals surface area contributed by atoms with Crippen molar-refractivity contribution in [2.45, 2.75) is 13.8 Å². The van der Waals surface area contributed by atoms with Gasteiger partial charge in [-0.15, -0.1) is 0 Å². The Bertz CT molecular complexity index is 133. The van der Waals surface area contributed by atoms with Gasteiger partial charge in [0.1, 0.15) is 0 Å². The molecule has 0 radical (unpaired) electrons. The van der Waals surface area contributed by atoms with Crippen LogP contribution < -0.4 is 0 Å². The van der Waals surface area contributed by atoms with Crippen LogP contribution in [0.15, 0.2) is 16.6 Å². The molecule has 1 nitrogen and oxygen atoms in total. The zero-order valence-corrected chi connectivity index (χ0v) is 5.39. The summed E-state index contributed by atoms with van der Waals surface area (Å²) in [6, 6.07) is 0. The highest BCUT2D eigenvalue weighted by molar-refractivity contribution is 5.73. The van der Waals surface area contributed by atoms with Crippen molar-refractivity contribution in [3.8, 4) is 0 Å². The maximum atomic E-state index is 4.11. The third-order valence-corrected chi connectivity index (χ3v) is 1.60. The summed E-state index contributed by atoms with van der Waals surface area (Å²) in [5.74, 6) is 0.667. The van der Waals surface area contributed by atoms with Gasteiger partial charge in [-0.2, -0.15) is 0 Å². The molecule has 0 aromatic rings. The van der Waals surface area contributed by atoms with E-state index in [0.717, 1.165) is 6.54 Å². The van der Waals surface area contributed by atoms with Gasteiger partial charge >= 0.3 is 0 Å². The summed E-state index contributed by atoms with van der Waals surface area (Å²) in [7, 11) is 0. The molecule has 0 amide bonds. The van der Waals surface area contributed by atoms with E-state index in [9.17, 15) is 0 Å². The fraction of sp³-hybridized carbons (Fsp3) is 0.571. The van der Waals surface area contributed by atoms with Gasteiger partial charge < -0.3 is 0 Å². The molecular weight excluding hydrogens is 98.1 g/mol. The van der Waals surface area contributed by atoms with Crippen LogP contribution in [-0.2, 0) is 0 Å². The first-order chi connectivity index (χ1) is 3.80. The Morgan fingerprint density at radius 1 is 1.75 bits per heavy atom. The van der Waals surface area contributed by atoms with Crippen LogP contribution in [0.5, 0.6) is 0 Å². The van der Waals surface area contributed by atoms with E-state index in [0.29, 0.717) is 5.92 Å². The molecule has 0 spiro atoms. The predicted octanol–water partition coefficient (Wildman–Crippen LogP) is 1.65. The van der Waals surface area contributed by atoms with Crippen molar-refractivity contribution < 1.29 is 0 Å². The summed E-state index contributed by atoms with van der Waals surface area (Å²) < 4.78 is 0. The van der Waals surface area contributed by atoms with Crippen LogP contribution in [0.1, 0.15) is 13.8 Å². The Hall–Kier alpha value is -0.590. The fourth-order valence-electron chi connectivity index (χ4n) is 0.698. The number of hydrogen-bond donors (Lipinski definition) is 0. The molecule has 1 aliphatic rings. The molecule has 8 heavy (non-hydrogen) atoms. The average molecular weight is 109 g/mol. The highest BCUT2D eigenvalue weighted by Gasteiger charge is 2.03. The SMILES string of the molecule is CC1=CC=NC[C@H]1C. The highest BCUT2D eigenvalue weighted by atomic mass is 14.7. The summed E-state index contributed by atoms with van der Waals surface area (Å²) >= 11 is 0. The Morgan fingerprint density at radius 2 is 2.50 bits per heavy atom. The van der Waals surface area contributed by atoms with Crippen molar-refractivity contribution >= 4 is 6.21 Å². The molecule has 0 fully saturated rings. The first kappa shape index (κ1) is 5.54. The van der Waals surface area contributed by atoms with Gasteiger partial charge in [-0.05, 0) is 18.9 Å². The molecule has 1 atom stereocenters.